The normalized spacial score (nSPS) is 27.3. The Hall–Kier alpha value is -5.21. The maximum atomic E-state index is 14.5. The first-order valence-electron chi connectivity index (χ1n) is 17.4. The molecule has 15 nitrogen and oxygen atoms in total. The van der Waals surface area contributed by atoms with Gasteiger partial charge in [-0.1, -0.05) is 43.3 Å². The molecule has 4 N–H and O–H groups in total. The SMILES string of the molecule is CC[C@H]1CC[C@H]2C(=O)N(C)[C@H](C)C(=O)N[C@@H](C)C(=O)N3CCC[C@H]3C(=O)OC[C@@H](NC(=O)[C@H](Cc3ccccc3)NC(=O)C=CC=CO)C(=O)N12. The van der Waals surface area contributed by atoms with Crippen LogP contribution in [0.2, 0.25) is 0 Å². The number of carbonyl (C=O) groups excluding carboxylic acids is 7. The minimum absolute atomic E-state index is 0.0489. The molecule has 3 heterocycles. The number of aliphatic hydroxyl groups excluding tert-OH is 1. The number of cyclic esters (lactones) is 1. The van der Waals surface area contributed by atoms with Gasteiger partial charge in [-0.25, -0.2) is 4.79 Å². The molecule has 0 radical (unpaired) electrons. The predicted octanol–water partition coefficient (Wildman–Crippen LogP) is 0.496. The van der Waals surface area contributed by atoms with E-state index in [1.807, 2.05) is 6.92 Å². The number of esters is 1. The fraction of sp³-hybridized carbons (Fsp3) is 0.528. The molecule has 276 valence electrons. The third-order valence-electron chi connectivity index (χ3n) is 9.73. The van der Waals surface area contributed by atoms with E-state index in [4.69, 9.17) is 9.84 Å². The number of carbonyl (C=O) groups is 7. The van der Waals surface area contributed by atoms with E-state index >= 15 is 0 Å². The van der Waals surface area contributed by atoms with Crippen molar-refractivity contribution in [3.05, 3.63) is 60.4 Å². The summed E-state index contributed by atoms with van der Waals surface area (Å²) in [4.78, 5) is 99.3. The third kappa shape index (κ3) is 9.32. The van der Waals surface area contributed by atoms with E-state index in [0.29, 0.717) is 37.7 Å². The lowest BCUT2D eigenvalue weighted by molar-refractivity contribution is -0.158. The van der Waals surface area contributed by atoms with Gasteiger partial charge in [0, 0.05) is 32.1 Å². The van der Waals surface area contributed by atoms with Crippen LogP contribution in [0.15, 0.2) is 54.8 Å². The van der Waals surface area contributed by atoms with Crippen LogP contribution in [-0.2, 0) is 44.7 Å². The van der Waals surface area contributed by atoms with Gasteiger partial charge in [0.1, 0.15) is 42.9 Å². The summed E-state index contributed by atoms with van der Waals surface area (Å²) in [6.07, 6.45) is 6.52. The Balaban J connectivity index is 1.70. The summed E-state index contributed by atoms with van der Waals surface area (Å²) in [6.45, 7) is 4.57. The molecular weight excluding hydrogens is 660 g/mol. The number of allylic oxidation sites excluding steroid dienone is 2. The van der Waals surface area contributed by atoms with Crippen LogP contribution < -0.4 is 16.0 Å². The van der Waals surface area contributed by atoms with Crippen molar-refractivity contribution in [1.82, 2.24) is 30.7 Å². The Morgan fingerprint density at radius 3 is 2.41 bits per heavy atom. The lowest BCUT2D eigenvalue weighted by atomic mass is 10.0. The van der Waals surface area contributed by atoms with E-state index in [0.717, 1.165) is 12.3 Å². The van der Waals surface area contributed by atoms with Crippen molar-refractivity contribution >= 4 is 41.4 Å². The van der Waals surface area contributed by atoms with Crippen molar-refractivity contribution < 1.29 is 43.4 Å². The fourth-order valence-corrected chi connectivity index (χ4v) is 6.74. The first-order chi connectivity index (χ1) is 24.4. The highest BCUT2D eigenvalue weighted by atomic mass is 16.5. The molecule has 3 fully saturated rings. The molecule has 0 unspecified atom stereocenters. The molecule has 0 spiro atoms. The van der Waals surface area contributed by atoms with E-state index in [-0.39, 0.29) is 19.0 Å². The number of amides is 6. The van der Waals surface area contributed by atoms with E-state index in [1.165, 1.54) is 47.7 Å². The minimum Gasteiger partial charge on any atom is -0.516 e. The molecule has 1 aromatic carbocycles. The number of nitrogens with one attached hydrogen (secondary N) is 3. The Bertz CT molecular complexity index is 1530. The molecule has 7 atom stereocenters. The molecule has 0 aliphatic carbocycles. The highest BCUT2D eigenvalue weighted by Crippen LogP contribution is 2.29. The molecule has 3 aliphatic heterocycles. The summed E-state index contributed by atoms with van der Waals surface area (Å²) in [5.41, 5.74) is 0.714. The lowest BCUT2D eigenvalue weighted by Gasteiger charge is -2.36. The molecule has 0 aromatic heterocycles. The average molecular weight is 709 g/mol. The molecule has 3 saturated heterocycles. The lowest BCUT2D eigenvalue weighted by Crippen LogP contribution is -2.61. The molecule has 0 saturated carbocycles. The first-order valence-corrected chi connectivity index (χ1v) is 17.4. The average Bonchev–Trinajstić information content (AvgIpc) is 3.79. The number of ether oxygens (including phenoxy) is 1. The standard InChI is InChI=1S/C36H48N6O9/c1-5-25-16-17-28-35(49)40(4)23(3)31(45)37-22(2)33(47)41-18-11-14-29(41)36(50)51-21-27(34(48)42(25)28)39-32(46)26(20-24-12-7-6-8-13-24)38-30(44)15-9-10-19-43/h6-10,12-13,15,19,22-23,25-29,43H,5,11,14,16-18,20-21H2,1-4H3,(H,37,45)(H,38,44)(H,39,46)/t22-,23+,25-,26-,27+,28-,29-/m0/s1. The van der Waals surface area contributed by atoms with Crippen molar-refractivity contribution in [2.75, 3.05) is 20.2 Å². The van der Waals surface area contributed by atoms with Crippen LogP contribution in [0.1, 0.15) is 58.4 Å². The first kappa shape index (κ1) is 38.6. The molecule has 4 rings (SSSR count). The van der Waals surface area contributed by atoms with Gasteiger partial charge in [-0.2, -0.15) is 0 Å². The van der Waals surface area contributed by atoms with Crippen LogP contribution in [0, 0.1) is 0 Å². The number of fused-ring (bicyclic) bond motifs is 2. The molecule has 3 aliphatic rings. The molecule has 6 amide bonds. The summed E-state index contributed by atoms with van der Waals surface area (Å²) >= 11 is 0. The zero-order valence-electron chi connectivity index (χ0n) is 29.4. The Morgan fingerprint density at radius 2 is 1.73 bits per heavy atom. The number of rotatable bonds is 8. The van der Waals surface area contributed by atoms with E-state index in [1.54, 1.807) is 30.3 Å². The maximum Gasteiger partial charge on any atom is 0.328 e. The van der Waals surface area contributed by atoms with Gasteiger partial charge < -0.3 is 40.5 Å². The Morgan fingerprint density at radius 1 is 1.00 bits per heavy atom. The summed E-state index contributed by atoms with van der Waals surface area (Å²) in [6, 6.07) is 1.95. The van der Waals surface area contributed by atoms with Crippen molar-refractivity contribution in [3.63, 3.8) is 0 Å². The van der Waals surface area contributed by atoms with E-state index < -0.39 is 84.3 Å². The summed E-state index contributed by atoms with van der Waals surface area (Å²) < 4.78 is 5.66. The number of benzene rings is 1. The van der Waals surface area contributed by atoms with Gasteiger partial charge in [-0.3, -0.25) is 28.8 Å². The highest BCUT2D eigenvalue weighted by Gasteiger charge is 2.46. The van der Waals surface area contributed by atoms with E-state index in [2.05, 4.69) is 16.0 Å². The quantitative estimate of drug-likeness (QED) is 0.129. The van der Waals surface area contributed by atoms with Crippen molar-refractivity contribution in [1.29, 1.82) is 0 Å². The van der Waals surface area contributed by atoms with Crippen LogP contribution in [0.4, 0.5) is 0 Å². The monoisotopic (exact) mass is 708 g/mol. The molecule has 51 heavy (non-hydrogen) atoms. The fourth-order valence-electron chi connectivity index (χ4n) is 6.74. The zero-order valence-corrected chi connectivity index (χ0v) is 29.4. The highest BCUT2D eigenvalue weighted by molar-refractivity contribution is 5.98. The smallest absolute Gasteiger partial charge is 0.328 e. The van der Waals surface area contributed by atoms with E-state index in [9.17, 15) is 33.6 Å². The number of hydrogen-bond donors (Lipinski definition) is 4. The van der Waals surface area contributed by atoms with Gasteiger partial charge in [-0.15, -0.1) is 0 Å². The number of nitrogens with zero attached hydrogens (tertiary/aromatic N) is 3. The van der Waals surface area contributed by atoms with Crippen LogP contribution in [0.3, 0.4) is 0 Å². The minimum atomic E-state index is -1.46. The second-order valence-electron chi connectivity index (χ2n) is 13.1. The van der Waals surface area contributed by atoms with Crippen LogP contribution in [0.25, 0.3) is 0 Å². The van der Waals surface area contributed by atoms with Crippen molar-refractivity contribution in [2.24, 2.45) is 0 Å². The zero-order chi connectivity index (χ0) is 37.2. The molecule has 0 bridgehead atoms. The molecule has 15 heteroatoms. The third-order valence-corrected chi connectivity index (χ3v) is 9.73. The summed E-state index contributed by atoms with van der Waals surface area (Å²) in [7, 11) is 1.46. The van der Waals surface area contributed by atoms with Gasteiger partial charge in [0.15, 0.2) is 0 Å². The van der Waals surface area contributed by atoms with Crippen molar-refractivity contribution in [3.8, 4) is 0 Å². The van der Waals surface area contributed by atoms with Crippen LogP contribution in [-0.4, -0.2) is 124 Å². The van der Waals surface area contributed by atoms with Crippen LogP contribution in [0.5, 0.6) is 0 Å². The number of aliphatic hydroxyl groups is 1. The van der Waals surface area contributed by atoms with Gasteiger partial charge in [0.2, 0.25) is 35.4 Å². The molecule has 1 aromatic rings. The molecular formula is C36H48N6O9. The Labute approximate surface area is 297 Å². The second-order valence-corrected chi connectivity index (χ2v) is 13.1. The maximum absolute atomic E-state index is 14.5. The van der Waals surface area contributed by atoms with Gasteiger partial charge in [0.25, 0.3) is 0 Å². The number of likely N-dealkylation sites (N-methyl/N-ethyl adjacent to an activating group) is 1. The summed E-state index contributed by atoms with van der Waals surface area (Å²) in [5, 5.41) is 16.9. The topological polar surface area (TPSA) is 195 Å². The van der Waals surface area contributed by atoms with Crippen LogP contribution >= 0.6 is 0 Å². The van der Waals surface area contributed by atoms with Gasteiger partial charge >= 0.3 is 5.97 Å². The van der Waals surface area contributed by atoms with Crippen molar-refractivity contribution in [2.45, 2.75) is 102 Å². The number of hydrogen-bond acceptors (Lipinski definition) is 9. The summed E-state index contributed by atoms with van der Waals surface area (Å²) in [5.74, 6) is -4.38. The Kier molecular flexibility index (Phi) is 13.3. The largest absolute Gasteiger partial charge is 0.516 e. The predicted molar refractivity (Wildman–Crippen MR) is 184 cm³/mol. The second kappa shape index (κ2) is 17.6. The van der Waals surface area contributed by atoms with Gasteiger partial charge in [0.05, 0.1) is 6.26 Å². The van der Waals surface area contributed by atoms with Gasteiger partial charge in [-0.05, 0) is 57.6 Å².